The summed E-state index contributed by atoms with van der Waals surface area (Å²) in [6.07, 6.45) is 11.3. The topological polar surface area (TPSA) is 188 Å². The third-order valence-electron chi connectivity index (χ3n) is 8.46. The van der Waals surface area contributed by atoms with Crippen LogP contribution in [0.4, 0.5) is 0 Å². The average molecular weight is 682 g/mol. The Balaban J connectivity index is 2.04. The van der Waals surface area contributed by atoms with Gasteiger partial charge in [0.1, 0.15) is 17.6 Å². The van der Waals surface area contributed by atoms with Gasteiger partial charge < -0.3 is 30.5 Å². The van der Waals surface area contributed by atoms with Crippen LogP contribution < -0.4 is 10.1 Å². The summed E-state index contributed by atoms with van der Waals surface area (Å²) in [6.45, 7) is 2.15. The Morgan fingerprint density at radius 1 is 0.837 bits per heavy atom. The zero-order valence-electron chi connectivity index (χ0n) is 28.6. The summed E-state index contributed by atoms with van der Waals surface area (Å²) in [5.41, 5.74) is -0.719. The average Bonchev–Trinajstić information content (AvgIpc) is 3.06. The Labute approximate surface area is 288 Å². The van der Waals surface area contributed by atoms with Crippen molar-refractivity contribution >= 4 is 29.6 Å². The van der Waals surface area contributed by atoms with Gasteiger partial charge in [-0.3, -0.25) is 14.4 Å². The van der Waals surface area contributed by atoms with Crippen LogP contribution in [-0.4, -0.2) is 68.8 Å². The molecule has 3 atom stereocenters. The van der Waals surface area contributed by atoms with E-state index in [0.29, 0.717) is 37.0 Å². The molecule has 0 saturated carbocycles. The highest BCUT2D eigenvalue weighted by atomic mass is 16.5. The zero-order valence-corrected chi connectivity index (χ0v) is 28.6. The number of allylic oxidation sites excluding steroid dienone is 1. The number of Topliss-reactive ketones (excluding diaryl/α,β-unsaturated/α-hetero) is 1. The third-order valence-corrected chi connectivity index (χ3v) is 8.46. The van der Waals surface area contributed by atoms with Crippen molar-refractivity contribution in [1.82, 2.24) is 5.32 Å². The van der Waals surface area contributed by atoms with Crippen molar-refractivity contribution in [3.05, 3.63) is 66.2 Å². The van der Waals surface area contributed by atoms with E-state index in [0.717, 1.165) is 62.1 Å². The molecule has 0 spiro atoms. The van der Waals surface area contributed by atoms with Gasteiger partial charge in [-0.05, 0) is 54.5 Å². The fourth-order valence-corrected chi connectivity index (χ4v) is 5.57. The monoisotopic (exact) mass is 681 g/mol. The first-order chi connectivity index (χ1) is 23.4. The molecule has 0 heterocycles. The molecule has 2 aromatic carbocycles. The van der Waals surface area contributed by atoms with Crippen LogP contribution in [0.3, 0.4) is 0 Å². The Morgan fingerprint density at radius 3 is 2.04 bits per heavy atom. The first-order valence-corrected chi connectivity index (χ1v) is 17.0. The van der Waals surface area contributed by atoms with E-state index >= 15 is 0 Å². The Morgan fingerprint density at radius 2 is 1.47 bits per heavy atom. The maximum absolute atomic E-state index is 13.4. The first kappa shape index (κ1) is 40.7. The molecule has 0 saturated heterocycles. The molecule has 0 fully saturated rings. The highest BCUT2D eigenvalue weighted by molar-refractivity contribution is 5.94. The number of aliphatic hydroxyl groups is 1. The second kappa shape index (κ2) is 21.5. The summed E-state index contributed by atoms with van der Waals surface area (Å²) >= 11 is 0. The molecule has 11 nitrogen and oxygen atoms in total. The standard InChI is InChI=1S/C38H51NO10/c1-3-4-5-8-11-16-30(40)17-12-9-6-7-10-13-19-32(38(48,37(46)47)26-34(41)42)35(43)39-33(36(44)45)24-27-20-22-28(23-21-27)29-15-14-18-31(25-29)49-2/h13-15,18-23,25,32-33,48H,3-12,16-17,24,26H2,1-2H3,(H,39,43)(H,41,42)(H,44,45)(H,46,47)/t32-,33+,38+/m1/s1. The minimum Gasteiger partial charge on any atom is -0.497 e. The molecular formula is C38H51NO10. The number of unbranched alkanes of at least 4 members (excludes halogenated alkanes) is 8. The molecule has 268 valence electrons. The van der Waals surface area contributed by atoms with Crippen LogP contribution in [0, 0.1) is 5.92 Å². The van der Waals surface area contributed by atoms with E-state index in [-0.39, 0.29) is 12.2 Å². The second-order valence-corrected chi connectivity index (χ2v) is 12.4. The van der Waals surface area contributed by atoms with Crippen LogP contribution in [0.25, 0.3) is 11.1 Å². The van der Waals surface area contributed by atoms with Crippen LogP contribution in [0.1, 0.15) is 96.0 Å². The van der Waals surface area contributed by atoms with E-state index in [1.54, 1.807) is 31.4 Å². The van der Waals surface area contributed by atoms with Crippen molar-refractivity contribution in [2.45, 2.75) is 108 Å². The van der Waals surface area contributed by atoms with Gasteiger partial charge in [-0.2, -0.15) is 0 Å². The number of ether oxygens (including phenoxy) is 1. The molecule has 2 aromatic rings. The largest absolute Gasteiger partial charge is 0.497 e. The first-order valence-electron chi connectivity index (χ1n) is 17.0. The molecule has 2 rings (SSSR count). The third kappa shape index (κ3) is 14.2. The van der Waals surface area contributed by atoms with Gasteiger partial charge in [0.15, 0.2) is 5.60 Å². The van der Waals surface area contributed by atoms with Gasteiger partial charge >= 0.3 is 17.9 Å². The van der Waals surface area contributed by atoms with Crippen molar-refractivity contribution in [3.8, 4) is 16.9 Å². The van der Waals surface area contributed by atoms with Crippen molar-refractivity contribution in [3.63, 3.8) is 0 Å². The lowest BCUT2D eigenvalue weighted by atomic mass is 9.82. The molecule has 0 aliphatic rings. The van der Waals surface area contributed by atoms with Crippen molar-refractivity contribution < 1.29 is 49.1 Å². The van der Waals surface area contributed by atoms with Crippen LogP contribution >= 0.6 is 0 Å². The van der Waals surface area contributed by atoms with Crippen molar-refractivity contribution in [2.75, 3.05) is 7.11 Å². The molecule has 0 aromatic heterocycles. The highest BCUT2D eigenvalue weighted by Crippen LogP contribution is 2.27. The second-order valence-electron chi connectivity index (χ2n) is 12.4. The molecule has 5 N–H and O–H groups in total. The number of rotatable bonds is 25. The van der Waals surface area contributed by atoms with Crippen molar-refractivity contribution in [2.24, 2.45) is 5.92 Å². The fraction of sp³-hybridized carbons (Fsp3) is 0.500. The number of amides is 1. The molecule has 1 amide bonds. The lowest BCUT2D eigenvalue weighted by molar-refractivity contribution is -0.172. The number of methoxy groups -OCH3 is 1. The number of aliphatic carboxylic acids is 3. The summed E-state index contributed by atoms with van der Waals surface area (Å²) < 4.78 is 5.26. The summed E-state index contributed by atoms with van der Waals surface area (Å²) in [5.74, 6) is -7.02. The number of hydrogen-bond acceptors (Lipinski definition) is 7. The summed E-state index contributed by atoms with van der Waals surface area (Å²) in [4.78, 5) is 61.2. The molecule has 11 heteroatoms. The minimum absolute atomic E-state index is 0.151. The van der Waals surface area contributed by atoms with E-state index in [1.807, 2.05) is 24.3 Å². The maximum Gasteiger partial charge on any atom is 0.337 e. The predicted molar refractivity (Wildman–Crippen MR) is 185 cm³/mol. The van der Waals surface area contributed by atoms with Gasteiger partial charge in [-0.25, -0.2) is 9.59 Å². The van der Waals surface area contributed by atoms with E-state index in [9.17, 15) is 44.4 Å². The Hall–Kier alpha value is -4.51. The quantitative estimate of drug-likeness (QED) is 0.0596. The molecule has 0 bridgehead atoms. The SMILES string of the molecule is CCCCCCCC(=O)CCCCCCC=C[C@H](C(=O)N[C@@H](Cc1ccc(-c2cccc(OC)c2)cc1)C(=O)O)[C@@](O)(CC(=O)O)C(=O)O. The molecule has 0 aliphatic heterocycles. The molecular weight excluding hydrogens is 630 g/mol. The number of nitrogens with one attached hydrogen (secondary N) is 1. The smallest absolute Gasteiger partial charge is 0.337 e. The normalized spacial score (nSPS) is 13.7. The number of carbonyl (C=O) groups is 5. The van der Waals surface area contributed by atoms with E-state index < -0.39 is 47.8 Å². The summed E-state index contributed by atoms with van der Waals surface area (Å²) in [5, 5.41) is 42.3. The van der Waals surface area contributed by atoms with E-state index in [4.69, 9.17) is 4.74 Å². The van der Waals surface area contributed by atoms with Gasteiger partial charge in [0.05, 0.1) is 19.4 Å². The molecule has 0 radical (unpaired) electrons. The van der Waals surface area contributed by atoms with Gasteiger partial charge in [0.2, 0.25) is 5.91 Å². The van der Waals surface area contributed by atoms with E-state index in [1.165, 1.54) is 12.5 Å². The summed E-state index contributed by atoms with van der Waals surface area (Å²) in [6, 6.07) is 12.9. The lowest BCUT2D eigenvalue weighted by Gasteiger charge is -2.29. The summed E-state index contributed by atoms with van der Waals surface area (Å²) in [7, 11) is 1.56. The van der Waals surface area contributed by atoms with Gasteiger partial charge in [0, 0.05) is 19.3 Å². The maximum atomic E-state index is 13.4. The molecule has 0 aliphatic carbocycles. The van der Waals surface area contributed by atoms with Gasteiger partial charge in [-0.1, -0.05) is 94.0 Å². The molecule has 49 heavy (non-hydrogen) atoms. The van der Waals surface area contributed by atoms with Crippen LogP contribution in [-0.2, 0) is 30.4 Å². The number of carboxylic acids is 3. The van der Waals surface area contributed by atoms with E-state index in [2.05, 4.69) is 12.2 Å². The van der Waals surface area contributed by atoms with Crippen LogP contribution in [0.2, 0.25) is 0 Å². The number of benzene rings is 2. The predicted octanol–water partition coefficient (Wildman–Crippen LogP) is 6.21. The highest BCUT2D eigenvalue weighted by Gasteiger charge is 2.49. The number of ketones is 1. The van der Waals surface area contributed by atoms with Crippen molar-refractivity contribution in [1.29, 1.82) is 0 Å². The Kier molecular flexibility index (Phi) is 17.8. The minimum atomic E-state index is -3.02. The number of hydrogen-bond donors (Lipinski definition) is 5. The van der Waals surface area contributed by atoms with Gasteiger partial charge in [-0.15, -0.1) is 0 Å². The fourth-order valence-electron chi connectivity index (χ4n) is 5.57. The van der Waals surface area contributed by atoms with Crippen LogP contribution in [0.15, 0.2) is 60.7 Å². The lowest BCUT2D eigenvalue weighted by Crippen LogP contribution is -2.55. The number of carboxylic acid groups (broad SMARTS) is 3. The zero-order chi connectivity index (χ0) is 36.2. The Bertz CT molecular complexity index is 1400. The van der Waals surface area contributed by atoms with Crippen LogP contribution in [0.5, 0.6) is 5.75 Å². The number of carbonyl (C=O) groups excluding carboxylic acids is 2. The van der Waals surface area contributed by atoms with Gasteiger partial charge in [0.25, 0.3) is 0 Å². The molecule has 0 unspecified atom stereocenters.